The maximum atomic E-state index is 10.7. The Kier molecular flexibility index (Phi) is 6.92. The molecule has 0 aromatic carbocycles. The van der Waals surface area contributed by atoms with E-state index in [-0.39, 0.29) is 19.8 Å². The van der Waals surface area contributed by atoms with Gasteiger partial charge in [-0.25, -0.2) is 9.59 Å². The van der Waals surface area contributed by atoms with E-state index in [4.69, 9.17) is 5.11 Å². The molecule has 0 bridgehead atoms. The highest BCUT2D eigenvalue weighted by Crippen LogP contribution is 1.99. The first-order valence-corrected chi connectivity index (χ1v) is 4.33. The highest BCUT2D eigenvalue weighted by molar-refractivity contribution is 5.81. The van der Waals surface area contributed by atoms with Crippen LogP contribution in [0.5, 0.6) is 0 Å². The second-order valence-electron chi connectivity index (χ2n) is 2.72. The molecule has 0 heterocycles. The summed E-state index contributed by atoms with van der Waals surface area (Å²) in [5.41, 5.74) is 0. The molecular weight excluding hydrogens is 200 g/mol. The van der Waals surface area contributed by atoms with Crippen LogP contribution in [0, 0.1) is 5.92 Å². The van der Waals surface area contributed by atoms with Crippen LogP contribution >= 0.6 is 0 Å². The normalized spacial score (nSPS) is 9.47. The van der Waals surface area contributed by atoms with E-state index in [1.165, 1.54) is 0 Å². The lowest BCUT2D eigenvalue weighted by atomic mass is 10.2. The van der Waals surface area contributed by atoms with Crippen molar-refractivity contribution in [3.63, 3.8) is 0 Å². The van der Waals surface area contributed by atoms with E-state index < -0.39 is 17.9 Å². The molecule has 0 aliphatic carbocycles. The van der Waals surface area contributed by atoms with Crippen LogP contribution < -0.4 is 0 Å². The molecule has 0 fully saturated rings. The number of aliphatic hydroxyl groups is 1. The van der Waals surface area contributed by atoms with Crippen molar-refractivity contribution < 1.29 is 24.2 Å². The molecule has 0 amide bonds. The van der Waals surface area contributed by atoms with Gasteiger partial charge in [0.05, 0.1) is 25.7 Å². The van der Waals surface area contributed by atoms with Gasteiger partial charge >= 0.3 is 11.9 Å². The van der Waals surface area contributed by atoms with Crippen molar-refractivity contribution in [2.24, 2.45) is 5.92 Å². The highest BCUT2D eigenvalue weighted by atomic mass is 16.5. The Hall–Kier alpha value is -1.62. The van der Waals surface area contributed by atoms with Gasteiger partial charge in [0.1, 0.15) is 0 Å². The number of ether oxygens (including phenoxy) is 2. The van der Waals surface area contributed by atoms with Crippen LogP contribution in [0.25, 0.3) is 0 Å². The predicted molar refractivity (Wildman–Crippen MR) is 52.9 cm³/mol. The highest BCUT2D eigenvalue weighted by Gasteiger charge is 2.11. The van der Waals surface area contributed by atoms with E-state index in [1.54, 1.807) is 0 Å². The number of rotatable bonds is 7. The average Bonchev–Trinajstić information content (AvgIpc) is 2.28. The lowest BCUT2D eigenvalue weighted by molar-refractivity contribution is -0.143. The van der Waals surface area contributed by atoms with Crippen LogP contribution in [0.2, 0.25) is 0 Å². The van der Waals surface area contributed by atoms with Crippen molar-refractivity contribution in [2.75, 3.05) is 19.8 Å². The van der Waals surface area contributed by atoms with E-state index in [0.717, 1.165) is 12.2 Å². The molecule has 0 saturated heterocycles. The third-order valence-electron chi connectivity index (χ3n) is 1.51. The van der Waals surface area contributed by atoms with Crippen molar-refractivity contribution in [1.29, 1.82) is 0 Å². The number of carbonyl (C=O) groups excluding carboxylic acids is 2. The second-order valence-corrected chi connectivity index (χ2v) is 2.72. The van der Waals surface area contributed by atoms with E-state index in [1.807, 2.05) is 0 Å². The molecule has 15 heavy (non-hydrogen) atoms. The number of hydrogen-bond donors (Lipinski definition) is 1. The van der Waals surface area contributed by atoms with Crippen molar-refractivity contribution in [3.8, 4) is 0 Å². The Morgan fingerprint density at radius 1 is 1.13 bits per heavy atom. The minimum Gasteiger partial charge on any atom is -0.462 e. The van der Waals surface area contributed by atoms with Crippen LogP contribution in [-0.2, 0) is 19.1 Å². The molecule has 0 aliphatic rings. The van der Waals surface area contributed by atoms with Crippen molar-refractivity contribution in [3.05, 3.63) is 25.3 Å². The van der Waals surface area contributed by atoms with Gasteiger partial charge in [-0.2, -0.15) is 0 Å². The summed E-state index contributed by atoms with van der Waals surface area (Å²) in [5, 5.41) is 8.86. The third-order valence-corrected chi connectivity index (χ3v) is 1.51. The molecule has 0 atom stereocenters. The van der Waals surface area contributed by atoms with Gasteiger partial charge in [0.15, 0.2) is 0 Å². The fourth-order valence-corrected chi connectivity index (χ4v) is 0.671. The molecule has 0 radical (unpaired) electrons. The first-order chi connectivity index (χ1) is 7.13. The van der Waals surface area contributed by atoms with Gasteiger partial charge in [-0.15, -0.1) is 0 Å². The van der Waals surface area contributed by atoms with Crippen molar-refractivity contribution >= 4 is 11.9 Å². The number of carbonyl (C=O) groups is 2. The molecule has 0 saturated carbocycles. The molecule has 0 aromatic heterocycles. The number of hydrogen-bond acceptors (Lipinski definition) is 5. The summed E-state index contributed by atoms with van der Waals surface area (Å²) in [6, 6.07) is 0. The number of esters is 2. The monoisotopic (exact) mass is 214 g/mol. The second kappa shape index (κ2) is 7.75. The molecular formula is C10H14O5. The standard InChI is InChI=1S/C10H14O5/c1-3-9(12)14-6-8(5-11)7-15-10(13)4-2/h3-4,8,11H,1-2,5-7H2. The van der Waals surface area contributed by atoms with Crippen LogP contribution in [0.1, 0.15) is 0 Å². The summed E-state index contributed by atoms with van der Waals surface area (Å²) in [6.45, 7) is 6.15. The fourth-order valence-electron chi connectivity index (χ4n) is 0.671. The lowest BCUT2D eigenvalue weighted by Crippen LogP contribution is -2.22. The Bertz CT molecular complexity index is 222. The summed E-state index contributed by atoms with van der Waals surface area (Å²) in [4.78, 5) is 21.4. The Morgan fingerprint density at radius 2 is 1.53 bits per heavy atom. The van der Waals surface area contributed by atoms with Gasteiger partial charge in [0.2, 0.25) is 0 Å². The summed E-state index contributed by atoms with van der Waals surface area (Å²) < 4.78 is 9.35. The van der Waals surface area contributed by atoms with Gasteiger partial charge < -0.3 is 14.6 Å². The first-order valence-electron chi connectivity index (χ1n) is 4.33. The molecule has 0 spiro atoms. The molecule has 84 valence electrons. The minimum absolute atomic E-state index is 0.0220. The van der Waals surface area contributed by atoms with Crippen LogP contribution in [0.4, 0.5) is 0 Å². The van der Waals surface area contributed by atoms with Crippen LogP contribution in [-0.4, -0.2) is 36.9 Å². The first kappa shape index (κ1) is 13.4. The van der Waals surface area contributed by atoms with Crippen LogP contribution in [0.15, 0.2) is 25.3 Å². The molecule has 5 heteroatoms. The predicted octanol–water partition coefficient (Wildman–Crippen LogP) is 0.0533. The molecule has 0 unspecified atom stereocenters. The van der Waals surface area contributed by atoms with Gasteiger partial charge in [0, 0.05) is 12.2 Å². The van der Waals surface area contributed by atoms with E-state index in [0.29, 0.717) is 0 Å². The summed E-state index contributed by atoms with van der Waals surface area (Å²) >= 11 is 0. The van der Waals surface area contributed by atoms with Crippen LogP contribution in [0.3, 0.4) is 0 Å². The minimum atomic E-state index is -0.580. The lowest BCUT2D eigenvalue weighted by Gasteiger charge is -2.13. The quantitative estimate of drug-likeness (QED) is 0.479. The van der Waals surface area contributed by atoms with Gasteiger partial charge in [-0.05, 0) is 0 Å². The maximum absolute atomic E-state index is 10.7. The SMILES string of the molecule is C=CC(=O)OCC(CO)COC(=O)C=C. The summed E-state index contributed by atoms with van der Waals surface area (Å²) in [7, 11) is 0. The summed E-state index contributed by atoms with van der Waals surface area (Å²) in [5.74, 6) is -1.59. The van der Waals surface area contributed by atoms with Crippen molar-refractivity contribution in [2.45, 2.75) is 0 Å². The Balaban J connectivity index is 3.82. The molecule has 1 N–H and O–H groups in total. The Morgan fingerprint density at radius 3 is 1.80 bits per heavy atom. The van der Waals surface area contributed by atoms with E-state index in [9.17, 15) is 9.59 Å². The summed E-state index contributed by atoms with van der Waals surface area (Å²) in [6.07, 6.45) is 2.04. The van der Waals surface area contributed by atoms with Gasteiger partial charge in [-0.1, -0.05) is 13.2 Å². The van der Waals surface area contributed by atoms with Crippen molar-refractivity contribution in [1.82, 2.24) is 0 Å². The smallest absolute Gasteiger partial charge is 0.330 e. The zero-order valence-electron chi connectivity index (χ0n) is 8.35. The average molecular weight is 214 g/mol. The topological polar surface area (TPSA) is 72.8 Å². The number of aliphatic hydroxyl groups excluding tert-OH is 1. The van der Waals surface area contributed by atoms with E-state index in [2.05, 4.69) is 22.6 Å². The zero-order valence-corrected chi connectivity index (χ0v) is 8.35. The zero-order chi connectivity index (χ0) is 11.7. The molecule has 0 aliphatic heterocycles. The fraction of sp³-hybridized carbons (Fsp3) is 0.400. The molecule has 0 rings (SSSR count). The van der Waals surface area contributed by atoms with E-state index >= 15 is 0 Å². The Labute approximate surface area is 88.0 Å². The molecule has 0 aromatic rings. The molecule has 5 nitrogen and oxygen atoms in total. The van der Waals surface area contributed by atoms with Gasteiger partial charge in [0.25, 0.3) is 0 Å². The largest absolute Gasteiger partial charge is 0.462 e. The third kappa shape index (κ3) is 6.45. The maximum Gasteiger partial charge on any atom is 0.330 e. The van der Waals surface area contributed by atoms with Gasteiger partial charge in [-0.3, -0.25) is 0 Å².